The van der Waals surface area contributed by atoms with E-state index in [4.69, 9.17) is 4.74 Å². The van der Waals surface area contributed by atoms with Crippen LogP contribution in [0.2, 0.25) is 0 Å². The summed E-state index contributed by atoms with van der Waals surface area (Å²) in [6, 6.07) is 7.69. The molecule has 0 radical (unpaired) electrons. The summed E-state index contributed by atoms with van der Waals surface area (Å²) in [5, 5.41) is 2.79. The van der Waals surface area contributed by atoms with E-state index in [-0.39, 0.29) is 42.2 Å². The molecule has 2 amide bonds. The van der Waals surface area contributed by atoms with Gasteiger partial charge in [-0.05, 0) is 49.7 Å². The Balaban J connectivity index is 0.00000125. The van der Waals surface area contributed by atoms with Gasteiger partial charge in [0, 0.05) is 12.6 Å². The first kappa shape index (κ1) is 28.4. The van der Waals surface area contributed by atoms with Crippen LogP contribution in [0.4, 0.5) is 0 Å². The number of aryl methyl sites for hydroxylation is 1. The highest BCUT2D eigenvalue weighted by molar-refractivity contribution is 5.90. The molecule has 0 aromatic heterocycles. The number of nitrogens with one attached hydrogen (secondary N) is 1. The molecule has 0 saturated carbocycles. The third kappa shape index (κ3) is 9.03. The van der Waals surface area contributed by atoms with Crippen molar-refractivity contribution in [2.45, 2.75) is 73.3 Å². The van der Waals surface area contributed by atoms with E-state index in [9.17, 15) is 14.4 Å². The molecule has 0 fully saturated rings. The minimum Gasteiger partial charge on any atom is -0.463 e. The first-order valence-corrected chi connectivity index (χ1v) is 12.0. The Kier molecular flexibility index (Phi) is 11.9. The van der Waals surface area contributed by atoms with Crippen LogP contribution >= 0.6 is 0 Å². The molecule has 2 rings (SSSR count). The average Bonchev–Trinajstić information content (AvgIpc) is 3.18. The topological polar surface area (TPSA) is 75.7 Å². The van der Waals surface area contributed by atoms with Gasteiger partial charge in [-0.2, -0.15) is 0 Å². The van der Waals surface area contributed by atoms with Gasteiger partial charge in [0.05, 0.1) is 25.1 Å². The SMILES string of the molecule is CC(C)C.CCOC(=O)/C(C)=C/[C@H](C(C)C)N(C)C(=O)CNC(=O)C1CCc2ccccc21. The van der Waals surface area contributed by atoms with Gasteiger partial charge < -0.3 is 15.0 Å². The number of ether oxygens (including phenoxy) is 1. The Labute approximate surface area is 199 Å². The summed E-state index contributed by atoms with van der Waals surface area (Å²) >= 11 is 0. The fourth-order valence-corrected chi connectivity index (χ4v) is 3.73. The molecule has 1 aromatic rings. The van der Waals surface area contributed by atoms with Crippen LogP contribution in [0.5, 0.6) is 0 Å². The van der Waals surface area contributed by atoms with E-state index in [0.29, 0.717) is 12.2 Å². The zero-order valence-corrected chi connectivity index (χ0v) is 21.6. The van der Waals surface area contributed by atoms with Gasteiger partial charge in [-0.1, -0.05) is 65.0 Å². The third-order valence-electron chi connectivity index (χ3n) is 5.41. The molecule has 33 heavy (non-hydrogen) atoms. The lowest BCUT2D eigenvalue weighted by atomic mass is 9.99. The molecule has 0 aliphatic heterocycles. The van der Waals surface area contributed by atoms with Gasteiger partial charge in [0.15, 0.2) is 0 Å². The molecule has 1 aliphatic rings. The number of hydrogen-bond acceptors (Lipinski definition) is 4. The highest BCUT2D eigenvalue weighted by atomic mass is 16.5. The number of esters is 1. The van der Waals surface area contributed by atoms with E-state index in [1.807, 2.05) is 38.1 Å². The van der Waals surface area contributed by atoms with Crippen LogP contribution in [0, 0.1) is 11.8 Å². The van der Waals surface area contributed by atoms with Crippen LogP contribution in [0.25, 0.3) is 0 Å². The highest BCUT2D eigenvalue weighted by Gasteiger charge is 2.29. The van der Waals surface area contributed by atoms with Crippen molar-refractivity contribution in [2.24, 2.45) is 11.8 Å². The van der Waals surface area contributed by atoms with Crippen molar-refractivity contribution in [2.75, 3.05) is 20.2 Å². The number of carbonyl (C=O) groups is 3. The van der Waals surface area contributed by atoms with E-state index in [0.717, 1.165) is 24.3 Å². The number of amides is 2. The van der Waals surface area contributed by atoms with Crippen LogP contribution in [-0.2, 0) is 25.5 Å². The smallest absolute Gasteiger partial charge is 0.333 e. The zero-order chi connectivity index (χ0) is 25.1. The van der Waals surface area contributed by atoms with Gasteiger partial charge in [-0.3, -0.25) is 9.59 Å². The molecule has 1 N–H and O–H groups in total. The van der Waals surface area contributed by atoms with Gasteiger partial charge in [0.2, 0.25) is 11.8 Å². The first-order chi connectivity index (χ1) is 15.5. The number of hydrogen-bond donors (Lipinski definition) is 1. The number of rotatable bonds is 8. The maximum Gasteiger partial charge on any atom is 0.333 e. The minimum absolute atomic E-state index is 0.0660. The minimum atomic E-state index is -0.382. The Hall–Kier alpha value is -2.63. The largest absolute Gasteiger partial charge is 0.463 e. The molecular weight excluding hydrogens is 416 g/mol. The standard InChI is InChI=1S/C23H32N2O4.C4H10/c1-6-29-23(28)16(4)13-20(15(2)3)25(5)21(26)14-24-22(27)19-12-11-17-9-7-8-10-18(17)19;1-4(2)3/h7-10,13,15,19-20H,6,11-12,14H2,1-5H3,(H,24,27);4H,1-3H3/b16-13+;/t19?,20-;/m1./s1. The number of nitrogens with zero attached hydrogens (tertiary/aromatic N) is 1. The van der Waals surface area contributed by atoms with Gasteiger partial charge in [0.25, 0.3) is 0 Å². The Morgan fingerprint density at radius 1 is 1.15 bits per heavy atom. The summed E-state index contributed by atoms with van der Waals surface area (Å²) in [5.74, 6) is 0.0429. The lowest BCUT2D eigenvalue weighted by Crippen LogP contribution is -2.45. The van der Waals surface area contributed by atoms with Crippen LogP contribution in [0.1, 0.15) is 71.9 Å². The normalized spacial score (nSPS) is 15.9. The predicted octanol–water partition coefficient (Wildman–Crippen LogP) is 4.49. The van der Waals surface area contributed by atoms with E-state index in [1.165, 1.54) is 5.56 Å². The van der Waals surface area contributed by atoms with Crippen LogP contribution < -0.4 is 5.32 Å². The average molecular weight is 459 g/mol. The molecule has 1 aromatic carbocycles. The molecule has 1 aliphatic carbocycles. The summed E-state index contributed by atoms with van der Waals surface area (Å²) in [6.45, 7) is 14.1. The van der Waals surface area contributed by atoms with Crippen molar-refractivity contribution >= 4 is 17.8 Å². The maximum absolute atomic E-state index is 12.7. The van der Waals surface area contributed by atoms with Crippen molar-refractivity contribution in [3.63, 3.8) is 0 Å². The van der Waals surface area contributed by atoms with E-state index in [1.54, 1.807) is 31.9 Å². The maximum atomic E-state index is 12.7. The molecule has 1 unspecified atom stereocenters. The van der Waals surface area contributed by atoms with Crippen LogP contribution in [0.3, 0.4) is 0 Å². The monoisotopic (exact) mass is 458 g/mol. The lowest BCUT2D eigenvalue weighted by molar-refractivity contribution is -0.138. The number of fused-ring (bicyclic) bond motifs is 1. The third-order valence-corrected chi connectivity index (χ3v) is 5.41. The summed E-state index contributed by atoms with van der Waals surface area (Å²) in [7, 11) is 1.69. The summed E-state index contributed by atoms with van der Waals surface area (Å²) < 4.78 is 5.02. The summed E-state index contributed by atoms with van der Waals surface area (Å²) in [4.78, 5) is 38.8. The molecule has 0 saturated heterocycles. The Morgan fingerprint density at radius 3 is 2.33 bits per heavy atom. The second-order valence-electron chi connectivity index (χ2n) is 9.55. The molecule has 2 atom stereocenters. The Morgan fingerprint density at radius 2 is 1.76 bits per heavy atom. The predicted molar refractivity (Wildman–Crippen MR) is 133 cm³/mol. The second-order valence-corrected chi connectivity index (χ2v) is 9.55. The van der Waals surface area contributed by atoms with Crippen LogP contribution in [0.15, 0.2) is 35.9 Å². The van der Waals surface area contributed by atoms with Gasteiger partial charge >= 0.3 is 5.97 Å². The van der Waals surface area contributed by atoms with Crippen molar-refractivity contribution in [1.82, 2.24) is 10.2 Å². The fourth-order valence-electron chi connectivity index (χ4n) is 3.73. The molecular formula is C27H42N2O4. The fraction of sp³-hybridized carbons (Fsp3) is 0.593. The number of carbonyl (C=O) groups excluding carboxylic acids is 3. The van der Waals surface area contributed by atoms with Crippen molar-refractivity contribution < 1.29 is 19.1 Å². The highest BCUT2D eigenvalue weighted by Crippen LogP contribution is 2.32. The molecule has 0 heterocycles. The van der Waals surface area contributed by atoms with E-state index >= 15 is 0 Å². The molecule has 6 nitrogen and oxygen atoms in total. The second kappa shape index (κ2) is 13.8. The van der Waals surface area contributed by atoms with Gasteiger partial charge in [0.1, 0.15) is 0 Å². The van der Waals surface area contributed by atoms with Gasteiger partial charge in [-0.25, -0.2) is 4.79 Å². The number of likely N-dealkylation sites (N-methyl/N-ethyl adjacent to an activating group) is 1. The number of benzene rings is 1. The van der Waals surface area contributed by atoms with Crippen LogP contribution in [-0.4, -0.2) is 48.9 Å². The molecule has 0 bridgehead atoms. The summed E-state index contributed by atoms with van der Waals surface area (Å²) in [5.41, 5.74) is 2.73. The molecule has 0 spiro atoms. The van der Waals surface area contributed by atoms with Gasteiger partial charge in [-0.15, -0.1) is 0 Å². The molecule has 6 heteroatoms. The van der Waals surface area contributed by atoms with E-state index < -0.39 is 0 Å². The first-order valence-electron chi connectivity index (χ1n) is 12.0. The molecule has 184 valence electrons. The quantitative estimate of drug-likeness (QED) is 0.460. The zero-order valence-electron chi connectivity index (χ0n) is 21.6. The Bertz CT molecular complexity index is 826. The summed E-state index contributed by atoms with van der Waals surface area (Å²) in [6.07, 6.45) is 3.41. The van der Waals surface area contributed by atoms with Crippen molar-refractivity contribution in [3.8, 4) is 0 Å². The van der Waals surface area contributed by atoms with E-state index in [2.05, 4.69) is 26.1 Å². The lowest BCUT2D eigenvalue weighted by Gasteiger charge is -2.29. The van der Waals surface area contributed by atoms with Crippen molar-refractivity contribution in [1.29, 1.82) is 0 Å². The van der Waals surface area contributed by atoms with Crippen molar-refractivity contribution in [3.05, 3.63) is 47.0 Å².